The molecule has 0 aliphatic carbocycles. The molecule has 2 rings (SSSR count). The van der Waals surface area contributed by atoms with E-state index in [4.69, 9.17) is 0 Å². The molecular formula is C15H21N3O3. The van der Waals surface area contributed by atoms with Gasteiger partial charge in [0.15, 0.2) is 0 Å². The van der Waals surface area contributed by atoms with Crippen LogP contribution in [0.3, 0.4) is 0 Å². The lowest BCUT2D eigenvalue weighted by Gasteiger charge is -2.25. The maximum Gasteiger partial charge on any atom is 0.326 e. The van der Waals surface area contributed by atoms with Gasteiger partial charge in [-0.1, -0.05) is 19.1 Å². The van der Waals surface area contributed by atoms with Crippen LogP contribution in [0.2, 0.25) is 0 Å². The highest BCUT2D eigenvalue weighted by Gasteiger charge is 2.39. The summed E-state index contributed by atoms with van der Waals surface area (Å²) in [6.45, 7) is 2.33. The molecule has 2 unspecified atom stereocenters. The largest absolute Gasteiger partial charge is 0.480 e. The number of hydrogen-bond acceptors (Lipinski definition) is 3. The van der Waals surface area contributed by atoms with E-state index in [0.29, 0.717) is 18.7 Å². The Morgan fingerprint density at radius 1 is 1.33 bits per heavy atom. The predicted molar refractivity (Wildman–Crippen MR) is 81.7 cm³/mol. The van der Waals surface area contributed by atoms with Crippen LogP contribution in [0.5, 0.6) is 0 Å². The van der Waals surface area contributed by atoms with Crippen molar-refractivity contribution in [2.24, 2.45) is 5.92 Å². The number of urea groups is 1. The molecule has 1 heterocycles. The quantitative estimate of drug-likeness (QED) is 0.894. The summed E-state index contributed by atoms with van der Waals surface area (Å²) in [5.41, 5.74) is 1.56. The SMILES string of the molecule is CC1CCN(C(=O)Nc2ccccc2N(C)C)C1C(=O)O. The second-order valence-corrected chi connectivity index (χ2v) is 5.58. The first-order chi connectivity index (χ1) is 9.91. The van der Waals surface area contributed by atoms with Gasteiger partial charge in [0.25, 0.3) is 0 Å². The summed E-state index contributed by atoms with van der Waals surface area (Å²) in [4.78, 5) is 27.0. The van der Waals surface area contributed by atoms with Crippen LogP contribution in [0.25, 0.3) is 0 Å². The molecule has 0 spiro atoms. The van der Waals surface area contributed by atoms with Crippen LogP contribution < -0.4 is 10.2 Å². The summed E-state index contributed by atoms with van der Waals surface area (Å²) in [6.07, 6.45) is 0.708. The molecule has 2 atom stereocenters. The second kappa shape index (κ2) is 6.03. The second-order valence-electron chi connectivity index (χ2n) is 5.58. The number of likely N-dealkylation sites (tertiary alicyclic amines) is 1. The summed E-state index contributed by atoms with van der Waals surface area (Å²) in [5, 5.41) is 12.1. The van der Waals surface area contributed by atoms with E-state index in [-0.39, 0.29) is 11.9 Å². The normalized spacial score (nSPS) is 21.2. The molecule has 6 heteroatoms. The fourth-order valence-electron chi connectivity index (χ4n) is 2.71. The number of carboxylic acid groups (broad SMARTS) is 1. The number of rotatable bonds is 3. The molecule has 1 aromatic rings. The van der Waals surface area contributed by atoms with Crippen molar-refractivity contribution in [1.29, 1.82) is 0 Å². The zero-order valence-electron chi connectivity index (χ0n) is 12.5. The molecule has 6 nitrogen and oxygen atoms in total. The van der Waals surface area contributed by atoms with Crippen LogP contribution in [-0.4, -0.2) is 48.7 Å². The maximum absolute atomic E-state index is 12.4. The molecule has 2 N–H and O–H groups in total. The van der Waals surface area contributed by atoms with Crippen LogP contribution in [0.4, 0.5) is 16.2 Å². The summed E-state index contributed by atoms with van der Waals surface area (Å²) in [5.74, 6) is -0.978. The Bertz CT molecular complexity index is 545. The van der Waals surface area contributed by atoms with E-state index in [2.05, 4.69) is 5.32 Å². The Morgan fingerprint density at radius 3 is 2.62 bits per heavy atom. The topological polar surface area (TPSA) is 72.9 Å². The van der Waals surface area contributed by atoms with E-state index in [9.17, 15) is 14.7 Å². The number of hydrogen-bond donors (Lipinski definition) is 2. The van der Waals surface area contributed by atoms with Gasteiger partial charge in [0.05, 0.1) is 11.4 Å². The smallest absolute Gasteiger partial charge is 0.326 e. The highest BCUT2D eigenvalue weighted by atomic mass is 16.4. The zero-order chi connectivity index (χ0) is 15.6. The van der Waals surface area contributed by atoms with Crippen molar-refractivity contribution in [2.75, 3.05) is 30.9 Å². The van der Waals surface area contributed by atoms with Crippen LogP contribution in [0, 0.1) is 5.92 Å². The standard InChI is InChI=1S/C15H21N3O3/c1-10-8-9-18(13(10)14(19)20)15(21)16-11-6-4-5-7-12(11)17(2)3/h4-7,10,13H,8-9H2,1-3H3,(H,16,21)(H,19,20). The van der Waals surface area contributed by atoms with E-state index in [1.54, 1.807) is 0 Å². The highest BCUT2D eigenvalue weighted by Crippen LogP contribution is 2.27. The predicted octanol–water partition coefficient (Wildman–Crippen LogP) is 2.08. The van der Waals surface area contributed by atoms with E-state index < -0.39 is 12.0 Å². The van der Waals surface area contributed by atoms with Crippen LogP contribution in [0.1, 0.15) is 13.3 Å². The van der Waals surface area contributed by atoms with Crippen LogP contribution >= 0.6 is 0 Å². The van der Waals surface area contributed by atoms with Gasteiger partial charge in [-0.25, -0.2) is 9.59 Å². The monoisotopic (exact) mass is 291 g/mol. The number of amides is 2. The van der Waals surface area contributed by atoms with Crippen molar-refractivity contribution in [3.63, 3.8) is 0 Å². The molecule has 2 amide bonds. The molecule has 0 saturated carbocycles. The fraction of sp³-hybridized carbons (Fsp3) is 0.467. The lowest BCUT2D eigenvalue weighted by molar-refractivity contribution is -0.142. The van der Waals surface area contributed by atoms with Gasteiger partial charge in [-0.2, -0.15) is 0 Å². The first-order valence-corrected chi connectivity index (χ1v) is 6.98. The lowest BCUT2D eigenvalue weighted by Crippen LogP contribution is -2.44. The van der Waals surface area contributed by atoms with Gasteiger partial charge >= 0.3 is 12.0 Å². The molecule has 1 aromatic carbocycles. The van der Waals surface area contributed by atoms with Gasteiger partial charge in [0.1, 0.15) is 6.04 Å². The van der Waals surface area contributed by atoms with E-state index >= 15 is 0 Å². The average molecular weight is 291 g/mol. The first kappa shape index (κ1) is 15.2. The number of carbonyl (C=O) groups excluding carboxylic acids is 1. The molecule has 21 heavy (non-hydrogen) atoms. The Morgan fingerprint density at radius 2 is 2.00 bits per heavy atom. The first-order valence-electron chi connectivity index (χ1n) is 6.98. The number of anilines is 2. The molecular weight excluding hydrogens is 270 g/mol. The van der Waals surface area contributed by atoms with Crippen LogP contribution in [-0.2, 0) is 4.79 Å². The number of nitrogens with zero attached hydrogens (tertiary/aromatic N) is 2. The summed E-state index contributed by atoms with van der Waals surface area (Å²) < 4.78 is 0. The number of carboxylic acids is 1. The Labute approximate surface area is 124 Å². The van der Waals surface area contributed by atoms with Crippen molar-refractivity contribution < 1.29 is 14.7 Å². The van der Waals surface area contributed by atoms with Crippen molar-refractivity contribution >= 4 is 23.4 Å². The zero-order valence-corrected chi connectivity index (χ0v) is 12.5. The summed E-state index contributed by atoms with van der Waals surface area (Å²) in [6, 6.07) is 6.32. The Kier molecular flexibility index (Phi) is 4.35. The molecule has 1 fully saturated rings. The third-order valence-electron chi connectivity index (χ3n) is 3.84. The van der Waals surface area contributed by atoms with Crippen molar-refractivity contribution in [2.45, 2.75) is 19.4 Å². The van der Waals surface area contributed by atoms with Crippen molar-refractivity contribution in [3.05, 3.63) is 24.3 Å². The minimum atomic E-state index is -0.948. The van der Waals surface area contributed by atoms with Gasteiger partial charge in [-0.3, -0.25) is 0 Å². The van der Waals surface area contributed by atoms with Gasteiger partial charge in [0, 0.05) is 20.6 Å². The molecule has 1 aliphatic heterocycles. The molecule has 0 bridgehead atoms. The van der Waals surface area contributed by atoms with E-state index in [1.807, 2.05) is 50.2 Å². The van der Waals surface area contributed by atoms with E-state index in [0.717, 1.165) is 5.69 Å². The molecule has 114 valence electrons. The average Bonchev–Trinajstić information content (AvgIpc) is 2.81. The summed E-state index contributed by atoms with van der Waals surface area (Å²) >= 11 is 0. The van der Waals surface area contributed by atoms with E-state index in [1.165, 1.54) is 4.90 Å². The van der Waals surface area contributed by atoms with Gasteiger partial charge in [-0.15, -0.1) is 0 Å². The van der Waals surface area contributed by atoms with Crippen molar-refractivity contribution in [3.8, 4) is 0 Å². The Hall–Kier alpha value is -2.24. The molecule has 0 radical (unpaired) electrons. The number of carbonyl (C=O) groups is 2. The third kappa shape index (κ3) is 3.09. The number of nitrogens with one attached hydrogen (secondary N) is 1. The minimum Gasteiger partial charge on any atom is -0.480 e. The van der Waals surface area contributed by atoms with Gasteiger partial charge in [-0.05, 0) is 24.5 Å². The number of para-hydroxylation sites is 2. The maximum atomic E-state index is 12.4. The number of benzene rings is 1. The third-order valence-corrected chi connectivity index (χ3v) is 3.84. The number of aliphatic carboxylic acids is 1. The molecule has 1 aliphatic rings. The molecule has 0 aromatic heterocycles. The van der Waals surface area contributed by atoms with Gasteiger partial charge in [0.2, 0.25) is 0 Å². The summed E-state index contributed by atoms with van der Waals surface area (Å²) in [7, 11) is 3.78. The fourth-order valence-corrected chi connectivity index (χ4v) is 2.71. The lowest BCUT2D eigenvalue weighted by atomic mass is 10.0. The van der Waals surface area contributed by atoms with Crippen LogP contribution in [0.15, 0.2) is 24.3 Å². The van der Waals surface area contributed by atoms with Crippen molar-refractivity contribution in [1.82, 2.24) is 4.90 Å². The molecule has 1 saturated heterocycles. The van der Waals surface area contributed by atoms with Gasteiger partial charge < -0.3 is 20.2 Å². The highest BCUT2D eigenvalue weighted by molar-refractivity contribution is 5.95. The Balaban J connectivity index is 2.17. The minimum absolute atomic E-state index is 0.0302.